The number of carbonyl (C=O) groups excluding carboxylic acids is 1. The summed E-state index contributed by atoms with van der Waals surface area (Å²) in [4.78, 5) is 19.4. The van der Waals surface area contributed by atoms with E-state index in [-0.39, 0.29) is 22.1 Å². The number of anilines is 2. The quantitative estimate of drug-likeness (QED) is 0.506. The summed E-state index contributed by atoms with van der Waals surface area (Å²) in [7, 11) is 1.31. The van der Waals surface area contributed by atoms with Gasteiger partial charge in [-0.05, 0) is 6.07 Å². The molecule has 3 aromatic heterocycles. The van der Waals surface area contributed by atoms with Gasteiger partial charge in [-0.3, -0.25) is 19.4 Å². The van der Waals surface area contributed by atoms with Gasteiger partial charge in [0, 0.05) is 13.2 Å². The highest BCUT2D eigenvalue weighted by atomic mass is 32.1. The van der Waals surface area contributed by atoms with Crippen molar-refractivity contribution in [1.29, 1.82) is 0 Å². The lowest BCUT2D eigenvalue weighted by Gasteiger charge is -2.14. The van der Waals surface area contributed by atoms with Crippen molar-refractivity contribution < 1.29 is 26.7 Å². The molecule has 6 nitrogen and oxygen atoms in total. The van der Waals surface area contributed by atoms with Crippen LogP contribution in [-0.2, 0) is 18.0 Å². The molecule has 136 valence electrons. The number of pyridine rings is 1. The topological polar surface area (TPSA) is 63.9 Å². The first-order chi connectivity index (χ1) is 12.2. The van der Waals surface area contributed by atoms with E-state index < -0.39 is 29.2 Å². The molecule has 0 spiro atoms. The number of aryl methyl sites for hydroxylation is 1. The van der Waals surface area contributed by atoms with E-state index in [2.05, 4.69) is 15.1 Å². The van der Waals surface area contributed by atoms with Gasteiger partial charge < -0.3 is 0 Å². The number of rotatable bonds is 4. The van der Waals surface area contributed by atoms with Crippen molar-refractivity contribution in [3.8, 4) is 10.6 Å². The lowest BCUT2D eigenvalue weighted by molar-refractivity contribution is -0.141. The van der Waals surface area contributed by atoms with Gasteiger partial charge in [-0.1, -0.05) is 11.3 Å². The zero-order valence-electron chi connectivity index (χ0n) is 12.8. The molecule has 0 N–H and O–H groups in total. The molecule has 0 radical (unpaired) electrons. The molecule has 3 heterocycles. The second-order valence-corrected chi connectivity index (χ2v) is 5.98. The van der Waals surface area contributed by atoms with Crippen molar-refractivity contribution in [2.45, 2.75) is 6.18 Å². The minimum atomic E-state index is -4.62. The summed E-state index contributed by atoms with van der Waals surface area (Å²) < 4.78 is 67.0. The minimum absolute atomic E-state index is 0.0857. The van der Waals surface area contributed by atoms with Crippen LogP contribution >= 0.6 is 11.3 Å². The third kappa shape index (κ3) is 3.14. The molecule has 0 aliphatic heterocycles. The Bertz CT molecular complexity index is 947. The lowest BCUT2D eigenvalue weighted by Crippen LogP contribution is -2.17. The first-order valence-corrected chi connectivity index (χ1v) is 7.65. The van der Waals surface area contributed by atoms with E-state index in [1.807, 2.05) is 0 Å². The third-order valence-corrected chi connectivity index (χ3v) is 4.32. The Hall–Kier alpha value is -2.89. The van der Waals surface area contributed by atoms with Crippen LogP contribution in [0.1, 0.15) is 5.69 Å². The van der Waals surface area contributed by atoms with Crippen LogP contribution in [-0.4, -0.2) is 26.2 Å². The van der Waals surface area contributed by atoms with Crippen molar-refractivity contribution in [2.75, 3.05) is 4.90 Å². The average molecular weight is 389 g/mol. The molecular formula is C14H8F5N5OS. The van der Waals surface area contributed by atoms with Crippen molar-refractivity contribution in [3.05, 3.63) is 42.0 Å². The maximum Gasteiger partial charge on any atom is 0.435 e. The summed E-state index contributed by atoms with van der Waals surface area (Å²) in [6.07, 6.45) is -1.85. The van der Waals surface area contributed by atoms with Crippen molar-refractivity contribution in [2.24, 2.45) is 7.05 Å². The summed E-state index contributed by atoms with van der Waals surface area (Å²) in [6, 6.07) is 0.816. The van der Waals surface area contributed by atoms with Gasteiger partial charge in [0.1, 0.15) is 5.69 Å². The van der Waals surface area contributed by atoms with Crippen LogP contribution in [0, 0.1) is 11.6 Å². The molecule has 0 bridgehead atoms. The summed E-state index contributed by atoms with van der Waals surface area (Å²) in [5.74, 6) is -2.18. The lowest BCUT2D eigenvalue weighted by atomic mass is 10.3. The van der Waals surface area contributed by atoms with Gasteiger partial charge in [0.2, 0.25) is 6.41 Å². The van der Waals surface area contributed by atoms with Crippen LogP contribution in [0.5, 0.6) is 0 Å². The van der Waals surface area contributed by atoms with Gasteiger partial charge in [-0.15, -0.1) is 0 Å². The van der Waals surface area contributed by atoms with E-state index in [0.29, 0.717) is 4.90 Å². The Morgan fingerprint density at radius 2 is 1.85 bits per heavy atom. The molecule has 26 heavy (non-hydrogen) atoms. The van der Waals surface area contributed by atoms with Crippen LogP contribution in [0.2, 0.25) is 0 Å². The number of hydrogen-bond acceptors (Lipinski definition) is 5. The predicted molar refractivity (Wildman–Crippen MR) is 81.7 cm³/mol. The van der Waals surface area contributed by atoms with Gasteiger partial charge in [-0.2, -0.15) is 18.3 Å². The van der Waals surface area contributed by atoms with E-state index >= 15 is 0 Å². The van der Waals surface area contributed by atoms with E-state index in [1.54, 1.807) is 0 Å². The Balaban J connectivity index is 2.02. The van der Waals surface area contributed by atoms with E-state index in [0.717, 1.165) is 34.5 Å². The van der Waals surface area contributed by atoms with Crippen molar-refractivity contribution in [1.82, 2.24) is 19.7 Å². The molecule has 12 heteroatoms. The number of hydrogen-bond donors (Lipinski definition) is 0. The van der Waals surface area contributed by atoms with Crippen LogP contribution in [0.15, 0.2) is 24.7 Å². The molecule has 0 unspecified atom stereocenters. The molecule has 0 saturated heterocycles. The Morgan fingerprint density at radius 3 is 2.38 bits per heavy atom. The van der Waals surface area contributed by atoms with Gasteiger partial charge in [0.25, 0.3) is 0 Å². The number of nitrogens with zero attached hydrogens (tertiary/aromatic N) is 5. The summed E-state index contributed by atoms with van der Waals surface area (Å²) >= 11 is 0.771. The fourth-order valence-corrected chi connectivity index (χ4v) is 3.09. The van der Waals surface area contributed by atoms with Gasteiger partial charge in [0.05, 0.1) is 23.0 Å². The van der Waals surface area contributed by atoms with E-state index in [9.17, 15) is 26.7 Å². The largest absolute Gasteiger partial charge is 0.435 e. The first-order valence-electron chi connectivity index (χ1n) is 6.83. The fraction of sp³-hybridized carbons (Fsp3) is 0.143. The maximum absolute atomic E-state index is 13.8. The molecule has 0 fully saturated rings. The first kappa shape index (κ1) is 17.9. The molecular weight excluding hydrogens is 381 g/mol. The van der Waals surface area contributed by atoms with Crippen LogP contribution < -0.4 is 4.90 Å². The number of carbonyl (C=O) groups is 1. The van der Waals surface area contributed by atoms with Crippen LogP contribution in [0.3, 0.4) is 0 Å². The number of halogens is 5. The molecule has 0 saturated carbocycles. The zero-order valence-corrected chi connectivity index (χ0v) is 13.6. The van der Waals surface area contributed by atoms with Crippen molar-refractivity contribution >= 4 is 28.6 Å². The number of thiazole rings is 1. The number of amides is 1. The van der Waals surface area contributed by atoms with Crippen molar-refractivity contribution in [3.63, 3.8) is 0 Å². The Kier molecular flexibility index (Phi) is 4.44. The second kappa shape index (κ2) is 6.44. The van der Waals surface area contributed by atoms with Gasteiger partial charge in [0.15, 0.2) is 22.5 Å². The summed E-state index contributed by atoms with van der Waals surface area (Å²) in [6.45, 7) is 0. The smallest absolute Gasteiger partial charge is 0.278 e. The predicted octanol–water partition coefficient (Wildman–Crippen LogP) is 3.53. The molecule has 0 aliphatic rings. The Morgan fingerprint density at radius 1 is 1.19 bits per heavy atom. The number of aromatic nitrogens is 4. The molecule has 0 atom stereocenters. The summed E-state index contributed by atoms with van der Waals surface area (Å²) in [5, 5.41) is 3.25. The minimum Gasteiger partial charge on any atom is -0.278 e. The van der Waals surface area contributed by atoms with Crippen LogP contribution in [0.4, 0.5) is 32.8 Å². The molecule has 1 amide bonds. The highest BCUT2D eigenvalue weighted by Crippen LogP contribution is 2.37. The van der Waals surface area contributed by atoms with E-state index in [1.165, 1.54) is 13.2 Å². The fourth-order valence-electron chi connectivity index (χ4n) is 2.16. The van der Waals surface area contributed by atoms with Gasteiger partial charge in [-0.25, -0.2) is 13.8 Å². The third-order valence-electron chi connectivity index (χ3n) is 3.30. The van der Waals surface area contributed by atoms with Crippen LogP contribution in [0.25, 0.3) is 10.6 Å². The SMILES string of the molecule is Cn1nc(C(F)(F)F)cc1-c1cnc(N(C=O)c2c(F)cncc2F)s1. The molecule has 3 aromatic rings. The Labute approximate surface area is 146 Å². The highest BCUT2D eigenvalue weighted by Gasteiger charge is 2.35. The molecule has 3 rings (SSSR count). The zero-order chi connectivity index (χ0) is 19.1. The van der Waals surface area contributed by atoms with E-state index in [4.69, 9.17) is 0 Å². The maximum atomic E-state index is 13.8. The summed E-state index contributed by atoms with van der Waals surface area (Å²) in [5.41, 5.74) is -1.69. The molecule has 0 aromatic carbocycles. The second-order valence-electron chi connectivity index (χ2n) is 4.97. The monoisotopic (exact) mass is 389 g/mol. The number of alkyl halides is 3. The average Bonchev–Trinajstić information content (AvgIpc) is 3.17. The normalized spacial score (nSPS) is 11.6. The van der Waals surface area contributed by atoms with Gasteiger partial charge >= 0.3 is 6.18 Å². The molecule has 0 aliphatic carbocycles. The highest BCUT2D eigenvalue weighted by molar-refractivity contribution is 7.19. The standard InChI is InChI=1S/C14H8F5N5OS/c1-23-9(2-11(22-23)14(17,18)19)10-5-21-13(26-10)24(6-25)12-7(15)3-20-4-8(12)16/h2-6H,1H3.